The van der Waals surface area contributed by atoms with Crippen molar-refractivity contribution in [2.75, 3.05) is 11.9 Å². The van der Waals surface area contributed by atoms with E-state index in [0.29, 0.717) is 16.7 Å². The van der Waals surface area contributed by atoms with Gasteiger partial charge in [-0.2, -0.15) is 0 Å². The molecule has 172 valence electrons. The molecule has 2 aliphatic rings. The Bertz CT molecular complexity index is 1180. The Labute approximate surface area is 197 Å². The highest BCUT2D eigenvalue weighted by atomic mass is 32.2. The molecule has 1 saturated carbocycles. The van der Waals surface area contributed by atoms with E-state index in [2.05, 4.69) is 58.6 Å². The Kier molecular flexibility index (Phi) is 6.52. The van der Waals surface area contributed by atoms with Crippen molar-refractivity contribution in [3.63, 3.8) is 0 Å². The van der Waals surface area contributed by atoms with Gasteiger partial charge in [0.05, 0.1) is 4.90 Å². The maximum Gasteiger partial charge on any atom is 0.240 e. The quantitative estimate of drug-likeness (QED) is 0.454. The lowest BCUT2D eigenvalue weighted by Crippen LogP contribution is -2.41. The van der Waals surface area contributed by atoms with Crippen LogP contribution in [0.5, 0.6) is 0 Å². The Morgan fingerprint density at radius 2 is 1.45 bits per heavy atom. The average molecular weight is 461 g/mol. The van der Waals surface area contributed by atoms with E-state index in [1.54, 1.807) is 24.3 Å². The molecule has 4 nitrogen and oxygen atoms in total. The zero-order valence-corrected chi connectivity index (χ0v) is 19.7. The minimum absolute atomic E-state index is 0.00453. The fourth-order valence-electron chi connectivity index (χ4n) is 5.53. The molecule has 0 aliphatic heterocycles. The SMILES string of the molecule is O=S(=O)(NC1C2CCC1Cc1cc(NCCCc3ccccc3)ccc1C2)c1ccccc1. The molecule has 3 atom stereocenters. The number of rotatable bonds is 8. The first kappa shape index (κ1) is 22.2. The molecule has 0 spiro atoms. The largest absolute Gasteiger partial charge is 0.385 e. The summed E-state index contributed by atoms with van der Waals surface area (Å²) in [7, 11) is -3.50. The van der Waals surface area contributed by atoms with E-state index in [4.69, 9.17) is 0 Å². The number of hydrogen-bond acceptors (Lipinski definition) is 3. The molecule has 0 saturated heterocycles. The zero-order valence-electron chi connectivity index (χ0n) is 18.9. The summed E-state index contributed by atoms with van der Waals surface area (Å²) in [6, 6.07) is 26.1. The molecule has 3 unspecified atom stereocenters. The van der Waals surface area contributed by atoms with Crippen LogP contribution in [0.15, 0.2) is 83.8 Å². The van der Waals surface area contributed by atoms with Crippen LogP contribution < -0.4 is 10.0 Å². The van der Waals surface area contributed by atoms with Crippen LogP contribution >= 0.6 is 0 Å². The van der Waals surface area contributed by atoms with Gasteiger partial charge in [-0.1, -0.05) is 54.6 Å². The van der Waals surface area contributed by atoms with E-state index in [1.165, 1.54) is 22.4 Å². The fourth-order valence-corrected chi connectivity index (χ4v) is 6.92. The lowest BCUT2D eigenvalue weighted by molar-refractivity contribution is 0.386. The minimum Gasteiger partial charge on any atom is -0.385 e. The highest BCUT2D eigenvalue weighted by Crippen LogP contribution is 2.41. The summed E-state index contributed by atoms with van der Waals surface area (Å²) in [6.45, 7) is 0.944. The predicted molar refractivity (Wildman–Crippen MR) is 134 cm³/mol. The highest BCUT2D eigenvalue weighted by Gasteiger charge is 2.41. The maximum absolute atomic E-state index is 13.0. The normalized spacial score (nSPS) is 21.9. The number of hydrogen-bond donors (Lipinski definition) is 2. The molecular weight excluding hydrogens is 428 g/mol. The number of anilines is 1. The van der Waals surface area contributed by atoms with Gasteiger partial charge in [-0.15, -0.1) is 0 Å². The Morgan fingerprint density at radius 3 is 2.18 bits per heavy atom. The second-order valence-corrected chi connectivity index (χ2v) is 11.2. The summed E-state index contributed by atoms with van der Waals surface area (Å²) in [5.74, 6) is 0.711. The molecule has 3 aromatic rings. The topological polar surface area (TPSA) is 58.2 Å². The van der Waals surface area contributed by atoms with Crippen molar-refractivity contribution < 1.29 is 8.42 Å². The van der Waals surface area contributed by atoms with Crippen molar-refractivity contribution in [2.24, 2.45) is 11.8 Å². The Hall–Kier alpha value is -2.63. The molecule has 0 amide bonds. The number of fused-ring (bicyclic) bond motifs is 3. The smallest absolute Gasteiger partial charge is 0.240 e. The van der Waals surface area contributed by atoms with Crippen LogP contribution in [0, 0.1) is 11.8 Å². The number of aryl methyl sites for hydroxylation is 1. The van der Waals surface area contributed by atoms with Gasteiger partial charge in [0.15, 0.2) is 0 Å². The van der Waals surface area contributed by atoms with E-state index in [1.807, 2.05) is 6.07 Å². The molecule has 5 heteroatoms. The Morgan fingerprint density at radius 1 is 0.788 bits per heavy atom. The summed E-state index contributed by atoms with van der Waals surface area (Å²) in [4.78, 5) is 0.355. The van der Waals surface area contributed by atoms with Crippen molar-refractivity contribution in [1.82, 2.24) is 4.72 Å². The van der Waals surface area contributed by atoms with Gasteiger partial charge in [-0.05, 0) is 91.3 Å². The van der Waals surface area contributed by atoms with Gasteiger partial charge in [0, 0.05) is 18.3 Å². The van der Waals surface area contributed by atoms with Crippen LogP contribution in [0.25, 0.3) is 0 Å². The number of benzene rings is 3. The number of sulfonamides is 1. The lowest BCUT2D eigenvalue weighted by atomic mass is 9.93. The summed E-state index contributed by atoms with van der Waals surface area (Å²) < 4.78 is 29.1. The molecule has 0 aromatic heterocycles. The van der Waals surface area contributed by atoms with Crippen LogP contribution in [-0.4, -0.2) is 21.0 Å². The Balaban J connectivity index is 1.23. The van der Waals surface area contributed by atoms with Gasteiger partial charge in [0.1, 0.15) is 0 Å². The molecule has 0 radical (unpaired) electrons. The van der Waals surface area contributed by atoms with Gasteiger partial charge in [0.25, 0.3) is 0 Å². The molecule has 3 aromatic carbocycles. The third-order valence-electron chi connectivity index (χ3n) is 7.25. The zero-order chi connectivity index (χ0) is 22.7. The second-order valence-electron chi connectivity index (χ2n) is 9.47. The second kappa shape index (κ2) is 9.70. The fraction of sp³-hybridized carbons (Fsp3) is 0.357. The first-order chi connectivity index (χ1) is 16.1. The van der Waals surface area contributed by atoms with Gasteiger partial charge in [0.2, 0.25) is 10.0 Å². The van der Waals surface area contributed by atoms with Gasteiger partial charge < -0.3 is 5.32 Å². The maximum atomic E-state index is 13.0. The van der Waals surface area contributed by atoms with Crippen molar-refractivity contribution >= 4 is 15.7 Å². The van der Waals surface area contributed by atoms with Crippen LogP contribution in [0.4, 0.5) is 5.69 Å². The van der Waals surface area contributed by atoms with Gasteiger partial charge in [-0.3, -0.25) is 0 Å². The van der Waals surface area contributed by atoms with Crippen LogP contribution in [0.3, 0.4) is 0 Å². The summed E-state index contributed by atoms with van der Waals surface area (Å²) in [5.41, 5.74) is 5.29. The van der Waals surface area contributed by atoms with E-state index >= 15 is 0 Å². The van der Waals surface area contributed by atoms with Crippen LogP contribution in [0.1, 0.15) is 36.0 Å². The number of nitrogens with one attached hydrogen (secondary N) is 2. The molecule has 2 N–H and O–H groups in total. The monoisotopic (exact) mass is 460 g/mol. The van der Waals surface area contributed by atoms with Crippen LogP contribution in [-0.2, 0) is 29.3 Å². The summed E-state index contributed by atoms with van der Waals surface area (Å²) >= 11 is 0. The highest BCUT2D eigenvalue weighted by molar-refractivity contribution is 7.89. The van der Waals surface area contributed by atoms with Crippen molar-refractivity contribution in [3.05, 3.63) is 95.6 Å². The third-order valence-corrected chi connectivity index (χ3v) is 8.73. The van der Waals surface area contributed by atoms with Crippen molar-refractivity contribution in [3.8, 4) is 0 Å². The summed E-state index contributed by atoms with van der Waals surface area (Å²) in [6.07, 6.45) is 6.22. The van der Waals surface area contributed by atoms with E-state index in [0.717, 1.165) is 45.1 Å². The predicted octanol–water partition coefficient (Wildman–Crippen LogP) is 5.20. The molecule has 1 fully saturated rings. The molecule has 0 heterocycles. The van der Waals surface area contributed by atoms with Gasteiger partial charge in [-0.25, -0.2) is 13.1 Å². The first-order valence-corrected chi connectivity index (χ1v) is 13.5. The van der Waals surface area contributed by atoms with E-state index < -0.39 is 10.0 Å². The summed E-state index contributed by atoms with van der Waals surface area (Å²) in [5, 5.41) is 3.59. The molecular formula is C28H32N2O2S. The van der Waals surface area contributed by atoms with Crippen molar-refractivity contribution in [1.29, 1.82) is 0 Å². The van der Waals surface area contributed by atoms with Crippen LogP contribution in [0.2, 0.25) is 0 Å². The third kappa shape index (κ3) is 5.15. The van der Waals surface area contributed by atoms with Crippen molar-refractivity contribution in [2.45, 2.75) is 49.5 Å². The first-order valence-electron chi connectivity index (χ1n) is 12.1. The van der Waals surface area contributed by atoms with E-state index in [9.17, 15) is 8.42 Å². The average Bonchev–Trinajstić information content (AvgIpc) is 3.11. The standard InChI is InChI=1S/C28H32N2O2S/c31-33(32,27-11-5-2-6-12-27)30-28-23-13-14-24(28)19-25-20-26(16-15-22(25)18-23)29-17-7-10-21-8-3-1-4-9-21/h1-6,8-9,11-12,15-16,20,23-24,28-30H,7,10,13-14,17-19H2. The minimum atomic E-state index is -3.50. The molecule has 2 aliphatic carbocycles. The van der Waals surface area contributed by atoms with Gasteiger partial charge >= 0.3 is 0 Å². The molecule has 33 heavy (non-hydrogen) atoms. The molecule has 2 bridgehead atoms. The lowest BCUT2D eigenvalue weighted by Gasteiger charge is -2.23. The molecule has 5 rings (SSSR count). The van der Waals surface area contributed by atoms with E-state index in [-0.39, 0.29) is 6.04 Å².